The zero-order valence-electron chi connectivity index (χ0n) is 11.7. The molecule has 106 valence electrons. The van der Waals surface area contributed by atoms with Gasteiger partial charge >= 0.3 is 0 Å². The van der Waals surface area contributed by atoms with Crippen LogP contribution in [0.3, 0.4) is 0 Å². The molecule has 0 fully saturated rings. The zero-order valence-corrected chi connectivity index (χ0v) is 12.5. The predicted octanol–water partition coefficient (Wildman–Crippen LogP) is 4.33. The normalized spacial score (nSPS) is 13.2. The minimum atomic E-state index is -0.257. The van der Waals surface area contributed by atoms with Crippen LogP contribution in [0.15, 0.2) is 48.5 Å². The summed E-state index contributed by atoms with van der Waals surface area (Å²) in [6.07, 6.45) is 0.685. The van der Waals surface area contributed by atoms with Crippen molar-refractivity contribution in [2.24, 2.45) is 5.73 Å². The Morgan fingerprint density at radius 1 is 1.10 bits per heavy atom. The van der Waals surface area contributed by atoms with Crippen molar-refractivity contribution in [3.8, 4) is 0 Å². The van der Waals surface area contributed by atoms with E-state index in [1.165, 1.54) is 12.1 Å². The van der Waals surface area contributed by atoms with E-state index in [1.54, 1.807) is 12.1 Å². The number of hydrogen-bond donors (Lipinski definition) is 1. The van der Waals surface area contributed by atoms with Crippen molar-refractivity contribution in [2.45, 2.75) is 31.7 Å². The largest absolute Gasteiger partial charge is 0.327 e. The van der Waals surface area contributed by atoms with Crippen LogP contribution in [0.2, 0.25) is 5.02 Å². The lowest BCUT2D eigenvalue weighted by Gasteiger charge is -2.32. The topological polar surface area (TPSA) is 26.0 Å². The molecule has 0 aliphatic heterocycles. The van der Waals surface area contributed by atoms with Gasteiger partial charge in [0.15, 0.2) is 0 Å². The lowest BCUT2D eigenvalue weighted by atomic mass is 9.76. The van der Waals surface area contributed by atoms with E-state index in [0.717, 1.165) is 16.1 Å². The summed E-state index contributed by atoms with van der Waals surface area (Å²) in [7, 11) is 0. The van der Waals surface area contributed by atoms with Gasteiger partial charge in [-0.2, -0.15) is 0 Å². The van der Waals surface area contributed by atoms with Gasteiger partial charge < -0.3 is 5.73 Å². The number of rotatable bonds is 4. The van der Waals surface area contributed by atoms with Crippen LogP contribution < -0.4 is 5.73 Å². The molecule has 0 aliphatic rings. The van der Waals surface area contributed by atoms with E-state index in [2.05, 4.69) is 13.8 Å². The highest BCUT2D eigenvalue weighted by atomic mass is 35.5. The van der Waals surface area contributed by atoms with E-state index < -0.39 is 0 Å². The number of benzene rings is 2. The second-order valence-electron chi connectivity index (χ2n) is 5.63. The summed E-state index contributed by atoms with van der Waals surface area (Å²) in [5.74, 6) is -0.232. The molecule has 2 aromatic rings. The Labute approximate surface area is 124 Å². The summed E-state index contributed by atoms with van der Waals surface area (Å²) in [5, 5.41) is 0.734. The van der Waals surface area contributed by atoms with E-state index in [9.17, 15) is 4.39 Å². The van der Waals surface area contributed by atoms with Gasteiger partial charge in [0, 0.05) is 16.5 Å². The summed E-state index contributed by atoms with van der Waals surface area (Å²) in [4.78, 5) is 0. The molecule has 2 aromatic carbocycles. The fraction of sp³-hybridized carbons (Fsp3) is 0.294. The van der Waals surface area contributed by atoms with Crippen LogP contribution >= 0.6 is 11.6 Å². The van der Waals surface area contributed by atoms with Gasteiger partial charge in [0.25, 0.3) is 0 Å². The molecule has 3 heteroatoms. The molecular formula is C17H19ClFN. The lowest BCUT2D eigenvalue weighted by molar-refractivity contribution is 0.406. The van der Waals surface area contributed by atoms with Crippen LogP contribution in [-0.2, 0) is 11.8 Å². The second-order valence-corrected chi connectivity index (χ2v) is 6.04. The standard InChI is InChI=1S/C17H19ClFN/c1-17(2,13-7-9-14(19)10-8-13)16(20)11-12-5-3-4-6-15(12)18/h3-10,16H,11,20H2,1-2H3. The van der Waals surface area contributed by atoms with Crippen molar-refractivity contribution in [1.82, 2.24) is 0 Å². The van der Waals surface area contributed by atoms with Crippen LogP contribution in [0.25, 0.3) is 0 Å². The van der Waals surface area contributed by atoms with E-state index >= 15 is 0 Å². The second kappa shape index (κ2) is 5.94. The van der Waals surface area contributed by atoms with Crippen LogP contribution in [0, 0.1) is 5.82 Å². The van der Waals surface area contributed by atoms with Crippen molar-refractivity contribution in [3.63, 3.8) is 0 Å². The quantitative estimate of drug-likeness (QED) is 0.891. The SMILES string of the molecule is CC(C)(c1ccc(F)cc1)C(N)Cc1ccccc1Cl. The molecule has 0 amide bonds. The molecule has 0 heterocycles. The molecule has 1 nitrogen and oxygen atoms in total. The summed E-state index contributed by atoms with van der Waals surface area (Å²) in [6, 6.07) is 14.1. The molecule has 0 saturated carbocycles. The third-order valence-corrected chi connectivity index (χ3v) is 4.28. The third kappa shape index (κ3) is 3.20. The van der Waals surface area contributed by atoms with Gasteiger partial charge in [-0.15, -0.1) is 0 Å². The maximum atomic E-state index is 13.0. The summed E-state index contributed by atoms with van der Waals surface area (Å²) >= 11 is 6.18. The Hall–Kier alpha value is -1.38. The minimum Gasteiger partial charge on any atom is -0.327 e. The first kappa shape index (κ1) is 15.0. The first-order chi connectivity index (χ1) is 9.41. The number of hydrogen-bond acceptors (Lipinski definition) is 1. The molecule has 0 saturated heterocycles. The summed E-state index contributed by atoms with van der Waals surface area (Å²) in [6.45, 7) is 4.14. The summed E-state index contributed by atoms with van der Waals surface area (Å²) < 4.78 is 13.0. The summed E-state index contributed by atoms with van der Waals surface area (Å²) in [5.41, 5.74) is 8.18. The van der Waals surface area contributed by atoms with Crippen molar-refractivity contribution in [3.05, 3.63) is 70.5 Å². The molecule has 20 heavy (non-hydrogen) atoms. The fourth-order valence-corrected chi connectivity index (χ4v) is 2.46. The van der Waals surface area contributed by atoms with Crippen molar-refractivity contribution in [1.29, 1.82) is 0 Å². The molecule has 1 atom stereocenters. The van der Waals surface area contributed by atoms with Gasteiger partial charge in [-0.25, -0.2) is 4.39 Å². The molecule has 2 N–H and O–H groups in total. The van der Waals surface area contributed by atoms with Crippen LogP contribution in [0.1, 0.15) is 25.0 Å². The highest BCUT2D eigenvalue weighted by Gasteiger charge is 2.29. The van der Waals surface area contributed by atoms with Crippen LogP contribution in [0.4, 0.5) is 4.39 Å². The molecule has 2 rings (SSSR count). The minimum absolute atomic E-state index is 0.104. The van der Waals surface area contributed by atoms with E-state index in [0.29, 0.717) is 6.42 Å². The van der Waals surface area contributed by atoms with E-state index in [4.69, 9.17) is 17.3 Å². The highest BCUT2D eigenvalue weighted by Crippen LogP contribution is 2.29. The van der Waals surface area contributed by atoms with Gasteiger partial charge in [0.1, 0.15) is 5.82 Å². The van der Waals surface area contributed by atoms with Crippen molar-refractivity contribution >= 4 is 11.6 Å². The molecule has 1 unspecified atom stereocenters. The number of nitrogens with two attached hydrogens (primary N) is 1. The zero-order chi connectivity index (χ0) is 14.8. The van der Waals surface area contributed by atoms with Gasteiger partial charge in [0.05, 0.1) is 0 Å². The molecule has 0 aliphatic carbocycles. The van der Waals surface area contributed by atoms with Gasteiger partial charge in [-0.3, -0.25) is 0 Å². The highest BCUT2D eigenvalue weighted by molar-refractivity contribution is 6.31. The maximum Gasteiger partial charge on any atom is 0.123 e. The van der Waals surface area contributed by atoms with E-state index in [1.807, 2.05) is 24.3 Å². The Bertz CT molecular complexity index is 578. The maximum absolute atomic E-state index is 13.0. The Morgan fingerprint density at radius 3 is 2.30 bits per heavy atom. The Kier molecular flexibility index (Phi) is 4.46. The first-order valence-corrected chi connectivity index (χ1v) is 7.04. The first-order valence-electron chi connectivity index (χ1n) is 6.66. The molecule has 0 aromatic heterocycles. The Balaban J connectivity index is 2.21. The van der Waals surface area contributed by atoms with Crippen LogP contribution in [0.5, 0.6) is 0 Å². The average Bonchev–Trinajstić information content (AvgIpc) is 2.41. The van der Waals surface area contributed by atoms with Gasteiger partial charge in [-0.1, -0.05) is 55.8 Å². The lowest BCUT2D eigenvalue weighted by Crippen LogP contribution is -2.42. The Morgan fingerprint density at radius 2 is 1.70 bits per heavy atom. The third-order valence-electron chi connectivity index (χ3n) is 3.91. The number of halogens is 2. The van der Waals surface area contributed by atoms with E-state index in [-0.39, 0.29) is 17.3 Å². The average molecular weight is 292 g/mol. The van der Waals surface area contributed by atoms with Gasteiger partial charge in [-0.05, 0) is 35.7 Å². The molecule has 0 spiro atoms. The van der Waals surface area contributed by atoms with Crippen LogP contribution in [-0.4, -0.2) is 6.04 Å². The predicted molar refractivity (Wildman–Crippen MR) is 82.6 cm³/mol. The smallest absolute Gasteiger partial charge is 0.123 e. The monoisotopic (exact) mass is 291 g/mol. The van der Waals surface area contributed by atoms with Crippen molar-refractivity contribution < 1.29 is 4.39 Å². The molecular weight excluding hydrogens is 273 g/mol. The fourth-order valence-electron chi connectivity index (χ4n) is 2.25. The van der Waals surface area contributed by atoms with Gasteiger partial charge in [0.2, 0.25) is 0 Å². The molecule has 0 radical (unpaired) electrons. The molecule has 0 bridgehead atoms. The van der Waals surface area contributed by atoms with Crippen molar-refractivity contribution in [2.75, 3.05) is 0 Å².